The number of aromatic amines is 1. The number of hydrogen-bond acceptors (Lipinski definition) is 3. The minimum absolute atomic E-state index is 0.0486. The molecule has 1 aromatic carbocycles. The third kappa shape index (κ3) is 1.92. The summed E-state index contributed by atoms with van der Waals surface area (Å²) in [7, 11) is 0. The number of nitrogens with two attached hydrogens (primary N) is 1. The van der Waals surface area contributed by atoms with Crippen LogP contribution in [0, 0.1) is 6.92 Å². The molecule has 0 saturated carbocycles. The Morgan fingerprint density at radius 1 is 1.41 bits per heavy atom. The van der Waals surface area contributed by atoms with Crippen molar-refractivity contribution >= 4 is 11.7 Å². The number of aromatic carboxylic acids is 1. The van der Waals surface area contributed by atoms with Gasteiger partial charge in [0.1, 0.15) is 0 Å². The minimum Gasteiger partial charge on any atom is -0.478 e. The van der Waals surface area contributed by atoms with Crippen LogP contribution in [0.1, 0.15) is 16.1 Å². The van der Waals surface area contributed by atoms with E-state index in [4.69, 9.17) is 10.8 Å². The van der Waals surface area contributed by atoms with Crippen LogP contribution in [-0.2, 0) is 0 Å². The van der Waals surface area contributed by atoms with Gasteiger partial charge in [-0.25, -0.2) is 9.59 Å². The van der Waals surface area contributed by atoms with Crippen LogP contribution in [0.3, 0.4) is 0 Å². The van der Waals surface area contributed by atoms with Crippen molar-refractivity contribution in [2.24, 2.45) is 0 Å². The Bertz CT molecular complexity index is 640. The zero-order chi connectivity index (χ0) is 12.6. The summed E-state index contributed by atoms with van der Waals surface area (Å²) in [5, 5.41) is 8.92. The molecular weight excluding hydrogens is 222 g/mol. The average molecular weight is 233 g/mol. The van der Waals surface area contributed by atoms with Gasteiger partial charge in [0.05, 0.1) is 11.3 Å². The molecule has 88 valence electrons. The SMILES string of the molecule is Cc1c[nH]c(=O)n1-c1cc(N)cc(C(=O)O)c1. The summed E-state index contributed by atoms with van der Waals surface area (Å²) in [6.07, 6.45) is 1.55. The fraction of sp³-hybridized carbons (Fsp3) is 0.0909. The second kappa shape index (κ2) is 3.82. The molecule has 0 spiro atoms. The molecule has 0 atom stereocenters. The van der Waals surface area contributed by atoms with Crippen molar-refractivity contribution in [2.75, 3.05) is 5.73 Å². The van der Waals surface area contributed by atoms with Gasteiger partial charge >= 0.3 is 11.7 Å². The third-order valence-corrected chi connectivity index (χ3v) is 2.41. The van der Waals surface area contributed by atoms with Gasteiger partial charge in [-0.05, 0) is 25.1 Å². The topological polar surface area (TPSA) is 101 Å². The van der Waals surface area contributed by atoms with Gasteiger partial charge in [0.25, 0.3) is 0 Å². The lowest BCUT2D eigenvalue weighted by molar-refractivity contribution is 0.0697. The van der Waals surface area contributed by atoms with E-state index in [1.165, 1.54) is 16.7 Å². The fourth-order valence-electron chi connectivity index (χ4n) is 1.66. The van der Waals surface area contributed by atoms with Gasteiger partial charge in [0.15, 0.2) is 0 Å². The maximum atomic E-state index is 11.6. The van der Waals surface area contributed by atoms with Gasteiger partial charge < -0.3 is 15.8 Å². The van der Waals surface area contributed by atoms with E-state index in [2.05, 4.69) is 4.98 Å². The molecular formula is C11H11N3O3. The lowest BCUT2D eigenvalue weighted by Crippen LogP contribution is -2.16. The number of nitrogen functional groups attached to an aromatic ring is 1. The van der Waals surface area contributed by atoms with Gasteiger partial charge in [-0.2, -0.15) is 0 Å². The molecule has 0 aliphatic heterocycles. The highest BCUT2D eigenvalue weighted by Gasteiger charge is 2.10. The highest BCUT2D eigenvalue weighted by Crippen LogP contribution is 2.16. The van der Waals surface area contributed by atoms with Crippen LogP contribution in [0.15, 0.2) is 29.2 Å². The first-order chi connectivity index (χ1) is 7.99. The molecule has 2 aromatic rings. The molecule has 6 heteroatoms. The smallest absolute Gasteiger partial charge is 0.335 e. The molecule has 0 aliphatic rings. The first-order valence-corrected chi connectivity index (χ1v) is 4.90. The molecule has 1 heterocycles. The number of H-pyrrole nitrogens is 1. The summed E-state index contributed by atoms with van der Waals surface area (Å²) in [6.45, 7) is 1.74. The van der Waals surface area contributed by atoms with Gasteiger partial charge in [-0.1, -0.05) is 0 Å². The Balaban J connectivity index is 2.68. The van der Waals surface area contributed by atoms with Crippen molar-refractivity contribution in [1.82, 2.24) is 9.55 Å². The van der Waals surface area contributed by atoms with E-state index >= 15 is 0 Å². The number of carbonyl (C=O) groups is 1. The van der Waals surface area contributed by atoms with Crippen LogP contribution in [0.5, 0.6) is 0 Å². The van der Waals surface area contributed by atoms with Crippen LogP contribution in [0.25, 0.3) is 5.69 Å². The predicted octanol–water partition coefficient (Wildman–Crippen LogP) is 0.754. The second-order valence-corrected chi connectivity index (χ2v) is 3.69. The van der Waals surface area contributed by atoms with E-state index in [-0.39, 0.29) is 11.3 Å². The van der Waals surface area contributed by atoms with E-state index in [0.717, 1.165) is 0 Å². The second-order valence-electron chi connectivity index (χ2n) is 3.69. The zero-order valence-corrected chi connectivity index (χ0v) is 9.10. The highest BCUT2D eigenvalue weighted by atomic mass is 16.4. The van der Waals surface area contributed by atoms with Crippen molar-refractivity contribution in [1.29, 1.82) is 0 Å². The zero-order valence-electron chi connectivity index (χ0n) is 9.10. The number of imidazole rings is 1. The van der Waals surface area contributed by atoms with E-state index in [1.807, 2.05) is 0 Å². The van der Waals surface area contributed by atoms with Crippen LogP contribution in [0.4, 0.5) is 5.69 Å². The van der Waals surface area contributed by atoms with E-state index in [1.54, 1.807) is 19.2 Å². The first kappa shape index (κ1) is 11.0. The number of benzene rings is 1. The number of nitrogens with one attached hydrogen (secondary N) is 1. The quantitative estimate of drug-likeness (QED) is 0.666. The first-order valence-electron chi connectivity index (χ1n) is 4.90. The van der Waals surface area contributed by atoms with Crippen LogP contribution >= 0.6 is 0 Å². The molecule has 1 aromatic heterocycles. The molecule has 0 saturated heterocycles. The summed E-state index contributed by atoms with van der Waals surface area (Å²) in [4.78, 5) is 25.0. The number of carboxylic acid groups (broad SMARTS) is 1. The molecule has 0 bridgehead atoms. The summed E-state index contributed by atoms with van der Waals surface area (Å²) in [5.74, 6) is -1.08. The summed E-state index contributed by atoms with van der Waals surface area (Å²) in [6, 6.07) is 4.30. The van der Waals surface area contributed by atoms with Crippen molar-refractivity contribution in [3.8, 4) is 5.69 Å². The lowest BCUT2D eigenvalue weighted by Gasteiger charge is -2.06. The van der Waals surface area contributed by atoms with Crippen LogP contribution in [-0.4, -0.2) is 20.6 Å². The number of carboxylic acids is 1. The highest BCUT2D eigenvalue weighted by molar-refractivity contribution is 5.89. The largest absolute Gasteiger partial charge is 0.478 e. The molecule has 0 aliphatic carbocycles. The standard InChI is InChI=1S/C11H11N3O3/c1-6-5-13-11(17)14(6)9-3-7(10(15)16)2-8(12)4-9/h2-5H,12H2,1H3,(H,13,17)(H,15,16). The van der Waals surface area contributed by atoms with E-state index in [0.29, 0.717) is 17.1 Å². The molecule has 17 heavy (non-hydrogen) atoms. The fourth-order valence-corrected chi connectivity index (χ4v) is 1.66. The van der Waals surface area contributed by atoms with Gasteiger partial charge in [-0.15, -0.1) is 0 Å². The maximum Gasteiger partial charge on any atom is 0.335 e. The molecule has 6 nitrogen and oxygen atoms in total. The number of hydrogen-bond donors (Lipinski definition) is 3. The van der Waals surface area contributed by atoms with Crippen molar-refractivity contribution in [3.63, 3.8) is 0 Å². The van der Waals surface area contributed by atoms with Crippen molar-refractivity contribution in [2.45, 2.75) is 6.92 Å². The maximum absolute atomic E-state index is 11.6. The molecule has 0 fully saturated rings. The van der Waals surface area contributed by atoms with Crippen LogP contribution < -0.4 is 11.4 Å². The van der Waals surface area contributed by atoms with Gasteiger partial charge in [-0.3, -0.25) is 4.57 Å². The number of nitrogens with zero attached hydrogens (tertiary/aromatic N) is 1. The average Bonchev–Trinajstić information content (AvgIpc) is 2.57. The predicted molar refractivity (Wildman–Crippen MR) is 62.5 cm³/mol. The van der Waals surface area contributed by atoms with E-state index < -0.39 is 5.97 Å². The Morgan fingerprint density at radius 3 is 2.65 bits per heavy atom. The Morgan fingerprint density at radius 2 is 2.12 bits per heavy atom. The van der Waals surface area contributed by atoms with E-state index in [9.17, 15) is 9.59 Å². The molecule has 0 unspecified atom stereocenters. The normalized spacial score (nSPS) is 10.4. The molecule has 2 rings (SSSR count). The third-order valence-electron chi connectivity index (χ3n) is 2.41. The number of anilines is 1. The molecule has 0 radical (unpaired) electrons. The van der Waals surface area contributed by atoms with Crippen molar-refractivity contribution < 1.29 is 9.90 Å². The van der Waals surface area contributed by atoms with Gasteiger partial charge in [0, 0.05) is 17.6 Å². The Hall–Kier alpha value is -2.50. The monoisotopic (exact) mass is 233 g/mol. The summed E-state index contributed by atoms with van der Waals surface area (Å²) >= 11 is 0. The summed E-state index contributed by atoms with van der Waals surface area (Å²) < 4.78 is 1.36. The Kier molecular flexibility index (Phi) is 2.47. The van der Waals surface area contributed by atoms with Crippen molar-refractivity contribution in [3.05, 3.63) is 46.1 Å². The number of aromatic nitrogens is 2. The number of aryl methyl sites for hydroxylation is 1. The number of rotatable bonds is 2. The lowest BCUT2D eigenvalue weighted by atomic mass is 10.1. The molecule has 0 amide bonds. The van der Waals surface area contributed by atoms with Crippen LogP contribution in [0.2, 0.25) is 0 Å². The molecule has 4 N–H and O–H groups in total. The Labute approximate surface area is 96.3 Å². The van der Waals surface area contributed by atoms with Gasteiger partial charge in [0.2, 0.25) is 0 Å². The minimum atomic E-state index is -1.08. The summed E-state index contributed by atoms with van der Waals surface area (Å²) in [5.41, 5.74) is 6.75.